The van der Waals surface area contributed by atoms with Crippen LogP contribution in [0, 0.1) is 0 Å². The van der Waals surface area contributed by atoms with Gasteiger partial charge in [0.1, 0.15) is 0 Å². The summed E-state index contributed by atoms with van der Waals surface area (Å²) in [7, 11) is 0. The molecule has 0 fully saturated rings. The molecule has 3 N–H and O–H groups in total. The van der Waals surface area contributed by atoms with Crippen LogP contribution in [0.25, 0.3) is 0 Å². The van der Waals surface area contributed by atoms with Crippen molar-refractivity contribution in [2.45, 2.75) is 0 Å². The lowest BCUT2D eigenvalue weighted by Gasteiger charge is -2.16. The van der Waals surface area contributed by atoms with Crippen molar-refractivity contribution in [3.05, 3.63) is 0 Å². The van der Waals surface area contributed by atoms with Gasteiger partial charge in [-0.15, -0.1) is 11.8 Å². The number of aliphatic carboxylic acids is 3. The summed E-state index contributed by atoms with van der Waals surface area (Å²) in [4.78, 5) is 32.2. The number of nitrogens with zero attached hydrogens (tertiary/aromatic N) is 1. The van der Waals surface area contributed by atoms with E-state index in [4.69, 9.17) is 15.3 Å². The second-order valence-corrected chi connectivity index (χ2v) is 4.05. The highest BCUT2D eigenvalue weighted by molar-refractivity contribution is 7.99. The van der Waals surface area contributed by atoms with Crippen molar-refractivity contribution in [1.82, 2.24) is 4.90 Å². The van der Waals surface area contributed by atoms with Crippen molar-refractivity contribution in [1.29, 1.82) is 0 Å². The van der Waals surface area contributed by atoms with Gasteiger partial charge in [0.05, 0.1) is 18.8 Å². The monoisotopic (exact) mass is 251 g/mol. The smallest absolute Gasteiger partial charge is 0.317 e. The number of rotatable bonds is 9. The van der Waals surface area contributed by atoms with E-state index in [0.717, 1.165) is 11.8 Å². The average Bonchev–Trinajstić information content (AvgIpc) is 2.09. The zero-order valence-electron chi connectivity index (χ0n) is 8.46. The van der Waals surface area contributed by atoms with Gasteiger partial charge in [-0.1, -0.05) is 0 Å². The minimum absolute atomic E-state index is 0.0754. The van der Waals surface area contributed by atoms with Crippen LogP contribution >= 0.6 is 11.8 Å². The Morgan fingerprint density at radius 2 is 1.44 bits per heavy atom. The van der Waals surface area contributed by atoms with Gasteiger partial charge in [0.15, 0.2) is 0 Å². The van der Waals surface area contributed by atoms with E-state index in [9.17, 15) is 14.4 Å². The fraction of sp³-hybridized carbons (Fsp3) is 0.625. The van der Waals surface area contributed by atoms with Crippen molar-refractivity contribution in [2.24, 2.45) is 0 Å². The molecule has 8 heteroatoms. The van der Waals surface area contributed by atoms with Crippen LogP contribution < -0.4 is 0 Å². The Morgan fingerprint density at radius 3 is 1.81 bits per heavy atom. The van der Waals surface area contributed by atoms with E-state index in [1.807, 2.05) is 0 Å². The predicted molar refractivity (Wildman–Crippen MR) is 56.7 cm³/mol. The molecule has 0 amide bonds. The van der Waals surface area contributed by atoms with Gasteiger partial charge in [-0.05, 0) is 0 Å². The van der Waals surface area contributed by atoms with Crippen LogP contribution in [-0.4, -0.2) is 69.3 Å². The molecule has 7 nitrogen and oxygen atoms in total. The third kappa shape index (κ3) is 9.28. The standard InChI is InChI=1S/C8H13NO6S/c10-6(11)3-9(4-7(12)13)1-2-16-5-8(14)15/h1-5H2,(H,10,11)(H,12,13)(H,14,15). The Bertz CT molecular complexity index is 253. The first kappa shape index (κ1) is 14.7. The first-order valence-corrected chi connectivity index (χ1v) is 5.52. The van der Waals surface area contributed by atoms with E-state index in [0.29, 0.717) is 5.75 Å². The summed E-state index contributed by atoms with van der Waals surface area (Å²) in [6, 6.07) is 0. The van der Waals surface area contributed by atoms with Gasteiger partial charge in [0.25, 0.3) is 0 Å². The Labute approximate surface area is 96.0 Å². The topological polar surface area (TPSA) is 115 Å². The second kappa shape index (κ2) is 7.94. The summed E-state index contributed by atoms with van der Waals surface area (Å²) in [5, 5.41) is 25.4. The minimum atomic E-state index is -1.11. The van der Waals surface area contributed by atoms with E-state index in [1.54, 1.807) is 0 Å². The quantitative estimate of drug-likeness (QED) is 0.460. The summed E-state index contributed by atoms with van der Waals surface area (Å²) < 4.78 is 0. The molecule has 0 aromatic carbocycles. The average molecular weight is 251 g/mol. The van der Waals surface area contributed by atoms with E-state index in [1.165, 1.54) is 4.90 Å². The molecule has 0 bridgehead atoms. The molecule has 92 valence electrons. The highest BCUT2D eigenvalue weighted by Gasteiger charge is 2.12. The molecule has 0 unspecified atom stereocenters. The largest absolute Gasteiger partial charge is 0.481 e. The molecule has 16 heavy (non-hydrogen) atoms. The van der Waals surface area contributed by atoms with Gasteiger partial charge in [-0.2, -0.15) is 0 Å². The molecular formula is C8H13NO6S. The Balaban J connectivity index is 3.86. The fourth-order valence-corrected chi connectivity index (χ4v) is 1.66. The Kier molecular flexibility index (Phi) is 7.31. The number of thioether (sulfide) groups is 1. The summed E-state index contributed by atoms with van der Waals surface area (Å²) in [6.45, 7) is -0.490. The minimum Gasteiger partial charge on any atom is -0.481 e. The predicted octanol–water partition coefficient (Wildman–Crippen LogP) is -0.725. The number of hydrogen-bond donors (Lipinski definition) is 3. The van der Waals surface area contributed by atoms with Gasteiger partial charge >= 0.3 is 17.9 Å². The maximum Gasteiger partial charge on any atom is 0.317 e. The molecule has 0 rings (SSSR count). The van der Waals surface area contributed by atoms with E-state index < -0.39 is 17.9 Å². The van der Waals surface area contributed by atoms with Crippen LogP contribution in [0.5, 0.6) is 0 Å². The molecule has 0 aliphatic rings. The van der Waals surface area contributed by atoms with Crippen molar-refractivity contribution >= 4 is 29.7 Å². The van der Waals surface area contributed by atoms with E-state index in [-0.39, 0.29) is 25.4 Å². The van der Waals surface area contributed by atoms with E-state index >= 15 is 0 Å². The maximum absolute atomic E-state index is 10.4. The lowest BCUT2D eigenvalue weighted by molar-refractivity contribution is -0.141. The number of hydrogen-bond acceptors (Lipinski definition) is 5. The molecule has 0 saturated carbocycles. The van der Waals surface area contributed by atoms with Crippen molar-refractivity contribution in [3.8, 4) is 0 Å². The number of carboxylic acids is 3. The zero-order valence-corrected chi connectivity index (χ0v) is 9.27. The summed E-state index contributed by atoms with van der Waals surface area (Å²) in [5.41, 5.74) is 0. The van der Waals surface area contributed by atoms with Crippen LogP contribution in [0.4, 0.5) is 0 Å². The lowest BCUT2D eigenvalue weighted by Crippen LogP contribution is -2.36. The first-order chi connectivity index (χ1) is 7.41. The number of carbonyl (C=O) groups is 3. The van der Waals surface area contributed by atoms with Gasteiger partial charge in [-0.25, -0.2) is 0 Å². The highest BCUT2D eigenvalue weighted by Crippen LogP contribution is 2.00. The van der Waals surface area contributed by atoms with Crippen molar-refractivity contribution in [2.75, 3.05) is 31.1 Å². The van der Waals surface area contributed by atoms with Gasteiger partial charge in [-0.3, -0.25) is 19.3 Å². The second-order valence-electron chi connectivity index (χ2n) is 2.94. The number of carboxylic acid groups (broad SMARTS) is 3. The van der Waals surface area contributed by atoms with Crippen LogP contribution in [-0.2, 0) is 14.4 Å². The first-order valence-electron chi connectivity index (χ1n) is 4.37. The van der Waals surface area contributed by atoms with Gasteiger partial charge in [0.2, 0.25) is 0 Å². The molecule has 0 aromatic rings. The van der Waals surface area contributed by atoms with Crippen LogP contribution in [0.3, 0.4) is 0 Å². The molecule has 0 aromatic heterocycles. The molecule has 0 aliphatic carbocycles. The SMILES string of the molecule is O=C(O)CSCCN(CC(=O)O)CC(=O)O. The van der Waals surface area contributed by atoms with Crippen LogP contribution in [0.1, 0.15) is 0 Å². The van der Waals surface area contributed by atoms with Crippen LogP contribution in [0.15, 0.2) is 0 Å². The molecule has 0 saturated heterocycles. The van der Waals surface area contributed by atoms with Gasteiger partial charge in [0, 0.05) is 12.3 Å². The zero-order chi connectivity index (χ0) is 12.6. The molecule has 0 spiro atoms. The summed E-state index contributed by atoms with van der Waals surface area (Å²) >= 11 is 1.12. The van der Waals surface area contributed by atoms with Gasteiger partial charge < -0.3 is 15.3 Å². The highest BCUT2D eigenvalue weighted by atomic mass is 32.2. The third-order valence-electron chi connectivity index (χ3n) is 1.50. The summed E-state index contributed by atoms with van der Waals surface area (Å²) in [5.74, 6) is -2.86. The molecular weight excluding hydrogens is 238 g/mol. The third-order valence-corrected chi connectivity index (χ3v) is 2.42. The maximum atomic E-state index is 10.4. The molecule has 0 atom stereocenters. The molecule has 0 radical (unpaired) electrons. The Hall–Kier alpha value is -1.28. The van der Waals surface area contributed by atoms with Crippen LogP contribution in [0.2, 0.25) is 0 Å². The lowest BCUT2D eigenvalue weighted by atomic mass is 10.4. The summed E-state index contributed by atoms with van der Waals surface area (Å²) in [6.07, 6.45) is 0. The van der Waals surface area contributed by atoms with E-state index in [2.05, 4.69) is 0 Å². The normalized spacial score (nSPS) is 10.3. The van der Waals surface area contributed by atoms with Crippen molar-refractivity contribution in [3.63, 3.8) is 0 Å². The van der Waals surface area contributed by atoms with Crippen molar-refractivity contribution < 1.29 is 29.7 Å². The Morgan fingerprint density at radius 1 is 0.938 bits per heavy atom. The molecule has 0 aliphatic heterocycles. The molecule has 0 heterocycles. The fourth-order valence-electron chi connectivity index (χ4n) is 0.950.